The van der Waals surface area contributed by atoms with Crippen LogP contribution in [0.2, 0.25) is 0 Å². The first-order valence-electron chi connectivity index (χ1n) is 6.79. The number of aromatic nitrogens is 1. The van der Waals surface area contributed by atoms with Crippen LogP contribution in [0.15, 0.2) is 30.5 Å². The second-order valence-corrected chi connectivity index (χ2v) is 6.04. The van der Waals surface area contributed by atoms with Crippen molar-refractivity contribution in [2.45, 2.75) is 26.8 Å². The van der Waals surface area contributed by atoms with E-state index in [1.807, 2.05) is 32.9 Å². The number of hydrogen-bond donors (Lipinski definition) is 2. The third-order valence-electron chi connectivity index (χ3n) is 3.42. The number of fused-ring (bicyclic) bond motifs is 1. The summed E-state index contributed by atoms with van der Waals surface area (Å²) >= 11 is 0. The molecule has 1 aromatic heterocycles. The molecule has 0 aliphatic rings. The number of amides is 1. The summed E-state index contributed by atoms with van der Waals surface area (Å²) in [7, 11) is 1.32. The minimum atomic E-state index is -0.704. The molecule has 112 valence electrons. The maximum Gasteiger partial charge on any atom is 0.328 e. The average molecular weight is 288 g/mol. The number of aromatic amines is 1. The van der Waals surface area contributed by atoms with E-state index < -0.39 is 17.4 Å². The monoisotopic (exact) mass is 288 g/mol. The standard InChI is InChI=1S/C16H20N2O3/c1-16(2,3)13(15(20)21-4)18-14(19)11-6-5-7-12-10(11)8-9-17-12/h5-9,13,17H,1-4H3,(H,18,19)/t13-/m1/s1. The zero-order chi connectivity index (χ0) is 15.6. The predicted octanol–water partition coefficient (Wildman–Crippen LogP) is 2.49. The highest BCUT2D eigenvalue weighted by molar-refractivity contribution is 6.07. The highest BCUT2D eigenvalue weighted by atomic mass is 16.5. The molecule has 0 spiro atoms. The lowest BCUT2D eigenvalue weighted by Gasteiger charge is -2.29. The number of carbonyl (C=O) groups excluding carboxylic acids is 2. The Labute approximate surface area is 123 Å². The van der Waals surface area contributed by atoms with Gasteiger partial charge in [-0.15, -0.1) is 0 Å². The smallest absolute Gasteiger partial charge is 0.328 e. The fourth-order valence-electron chi connectivity index (χ4n) is 2.24. The number of benzene rings is 1. The molecule has 0 bridgehead atoms. The summed E-state index contributed by atoms with van der Waals surface area (Å²) in [5, 5.41) is 3.60. The van der Waals surface area contributed by atoms with Gasteiger partial charge in [0.1, 0.15) is 6.04 Å². The number of methoxy groups -OCH3 is 1. The SMILES string of the molecule is COC(=O)[C@@H](NC(=O)c1cccc2[nH]ccc12)C(C)(C)C. The number of ether oxygens (including phenoxy) is 1. The van der Waals surface area contributed by atoms with Crippen molar-refractivity contribution in [3.05, 3.63) is 36.0 Å². The van der Waals surface area contributed by atoms with Crippen molar-refractivity contribution in [1.82, 2.24) is 10.3 Å². The Morgan fingerprint density at radius 1 is 1.24 bits per heavy atom. The minimum absolute atomic E-state index is 0.287. The van der Waals surface area contributed by atoms with Crippen LogP contribution in [0, 0.1) is 5.41 Å². The molecular weight excluding hydrogens is 268 g/mol. The lowest BCUT2D eigenvalue weighted by Crippen LogP contribution is -2.49. The molecule has 2 N–H and O–H groups in total. The number of H-pyrrole nitrogens is 1. The lowest BCUT2D eigenvalue weighted by molar-refractivity contribution is -0.145. The Bertz CT molecular complexity index is 667. The van der Waals surface area contributed by atoms with E-state index in [-0.39, 0.29) is 5.91 Å². The predicted molar refractivity (Wildman–Crippen MR) is 81.0 cm³/mol. The Kier molecular flexibility index (Phi) is 4.02. The molecule has 5 heteroatoms. The molecule has 5 nitrogen and oxygen atoms in total. The van der Waals surface area contributed by atoms with E-state index in [9.17, 15) is 9.59 Å². The molecule has 2 rings (SSSR count). The highest BCUT2D eigenvalue weighted by Gasteiger charge is 2.34. The Balaban J connectivity index is 2.31. The summed E-state index contributed by atoms with van der Waals surface area (Å²) in [6.07, 6.45) is 1.78. The molecule has 0 radical (unpaired) electrons. The first kappa shape index (κ1) is 15.1. The minimum Gasteiger partial charge on any atom is -0.467 e. The van der Waals surface area contributed by atoms with E-state index in [1.54, 1.807) is 18.3 Å². The first-order chi connectivity index (χ1) is 9.84. The van der Waals surface area contributed by atoms with Gasteiger partial charge in [-0.2, -0.15) is 0 Å². The third-order valence-corrected chi connectivity index (χ3v) is 3.42. The second-order valence-electron chi connectivity index (χ2n) is 6.04. The molecule has 0 aliphatic carbocycles. The van der Waals surface area contributed by atoms with Crippen molar-refractivity contribution in [2.24, 2.45) is 5.41 Å². The van der Waals surface area contributed by atoms with E-state index >= 15 is 0 Å². The summed E-state index contributed by atoms with van der Waals surface area (Å²) in [5.41, 5.74) is 0.981. The van der Waals surface area contributed by atoms with Gasteiger partial charge < -0.3 is 15.0 Å². The normalized spacial score (nSPS) is 13.0. The molecule has 0 saturated heterocycles. The van der Waals surface area contributed by atoms with Crippen molar-refractivity contribution in [1.29, 1.82) is 0 Å². The van der Waals surface area contributed by atoms with E-state index in [0.29, 0.717) is 5.56 Å². The van der Waals surface area contributed by atoms with Crippen LogP contribution in [0.3, 0.4) is 0 Å². The molecule has 21 heavy (non-hydrogen) atoms. The lowest BCUT2D eigenvalue weighted by atomic mass is 9.86. The number of carbonyl (C=O) groups is 2. The molecule has 1 heterocycles. The van der Waals surface area contributed by atoms with Crippen LogP contribution in [0.1, 0.15) is 31.1 Å². The van der Waals surface area contributed by atoms with Gasteiger partial charge in [-0.1, -0.05) is 26.8 Å². The van der Waals surface area contributed by atoms with Gasteiger partial charge in [-0.25, -0.2) is 4.79 Å². The zero-order valence-corrected chi connectivity index (χ0v) is 12.7. The molecule has 1 amide bonds. The van der Waals surface area contributed by atoms with Gasteiger partial charge in [-0.05, 0) is 23.6 Å². The van der Waals surface area contributed by atoms with E-state index in [0.717, 1.165) is 10.9 Å². The fraction of sp³-hybridized carbons (Fsp3) is 0.375. The quantitative estimate of drug-likeness (QED) is 0.852. The van der Waals surface area contributed by atoms with Crippen molar-refractivity contribution in [3.63, 3.8) is 0 Å². The highest BCUT2D eigenvalue weighted by Crippen LogP contribution is 2.22. The second kappa shape index (κ2) is 5.60. The third kappa shape index (κ3) is 3.07. The van der Waals surface area contributed by atoms with Crippen molar-refractivity contribution < 1.29 is 14.3 Å². The number of nitrogens with one attached hydrogen (secondary N) is 2. The number of hydrogen-bond acceptors (Lipinski definition) is 3. The Morgan fingerprint density at radius 2 is 1.95 bits per heavy atom. The van der Waals surface area contributed by atoms with E-state index in [2.05, 4.69) is 10.3 Å². The summed E-state index contributed by atoms with van der Waals surface area (Å²) in [6, 6.07) is 6.58. The summed E-state index contributed by atoms with van der Waals surface area (Å²) in [6.45, 7) is 5.64. The maximum absolute atomic E-state index is 12.5. The van der Waals surface area contributed by atoms with Gasteiger partial charge in [0.25, 0.3) is 5.91 Å². The van der Waals surface area contributed by atoms with Gasteiger partial charge in [0.15, 0.2) is 0 Å². The van der Waals surface area contributed by atoms with Gasteiger partial charge in [0.05, 0.1) is 7.11 Å². The van der Waals surface area contributed by atoms with Crippen LogP contribution in [0.4, 0.5) is 0 Å². The molecule has 1 atom stereocenters. The van der Waals surface area contributed by atoms with E-state index in [1.165, 1.54) is 7.11 Å². The topological polar surface area (TPSA) is 71.2 Å². The van der Waals surface area contributed by atoms with Crippen LogP contribution in [-0.2, 0) is 9.53 Å². The summed E-state index contributed by atoms with van der Waals surface area (Å²) < 4.78 is 4.79. The molecule has 0 fully saturated rings. The van der Waals surface area contributed by atoms with Crippen molar-refractivity contribution in [2.75, 3.05) is 7.11 Å². The maximum atomic E-state index is 12.5. The van der Waals surface area contributed by atoms with Crippen molar-refractivity contribution >= 4 is 22.8 Å². The zero-order valence-electron chi connectivity index (χ0n) is 12.7. The van der Waals surface area contributed by atoms with Gasteiger partial charge >= 0.3 is 5.97 Å². The van der Waals surface area contributed by atoms with Crippen molar-refractivity contribution in [3.8, 4) is 0 Å². The summed E-state index contributed by atoms with van der Waals surface area (Å²) in [5.74, 6) is -0.734. The van der Waals surface area contributed by atoms with Gasteiger partial charge in [0.2, 0.25) is 0 Å². The largest absolute Gasteiger partial charge is 0.467 e. The first-order valence-corrected chi connectivity index (χ1v) is 6.79. The Morgan fingerprint density at radius 3 is 2.57 bits per heavy atom. The van der Waals surface area contributed by atoms with Gasteiger partial charge in [-0.3, -0.25) is 4.79 Å². The fourth-order valence-corrected chi connectivity index (χ4v) is 2.24. The average Bonchev–Trinajstić information content (AvgIpc) is 2.90. The van der Waals surface area contributed by atoms with Crippen LogP contribution < -0.4 is 5.32 Å². The molecule has 2 aromatic rings. The van der Waals surface area contributed by atoms with E-state index in [4.69, 9.17) is 4.74 Å². The molecule has 0 aliphatic heterocycles. The van der Waals surface area contributed by atoms with Crippen LogP contribution in [0.5, 0.6) is 0 Å². The Hall–Kier alpha value is -2.30. The number of rotatable bonds is 3. The number of esters is 1. The van der Waals surface area contributed by atoms with Crippen LogP contribution in [0.25, 0.3) is 10.9 Å². The van der Waals surface area contributed by atoms with Crippen LogP contribution >= 0.6 is 0 Å². The molecule has 0 saturated carbocycles. The summed E-state index contributed by atoms with van der Waals surface area (Å²) in [4.78, 5) is 27.5. The van der Waals surface area contributed by atoms with Gasteiger partial charge in [0, 0.05) is 22.7 Å². The molecule has 1 aromatic carbocycles. The molecular formula is C16H20N2O3. The van der Waals surface area contributed by atoms with Crippen LogP contribution in [-0.4, -0.2) is 30.0 Å². The molecule has 0 unspecified atom stereocenters.